The molecule has 18 heavy (non-hydrogen) atoms. The first-order valence-corrected chi connectivity index (χ1v) is 6.19. The first-order chi connectivity index (χ1) is 8.69. The van der Waals surface area contributed by atoms with Gasteiger partial charge in [-0.15, -0.1) is 11.3 Å². The number of hydrogen-bond donors (Lipinski definition) is 3. The zero-order chi connectivity index (χ0) is 13.0. The molecule has 94 valence electrons. The Balaban J connectivity index is 1.94. The van der Waals surface area contributed by atoms with Gasteiger partial charge in [-0.05, 0) is 19.1 Å². The number of rotatable bonds is 4. The molecule has 0 aliphatic heterocycles. The van der Waals surface area contributed by atoms with Gasteiger partial charge in [0.05, 0.1) is 12.1 Å². The van der Waals surface area contributed by atoms with Crippen molar-refractivity contribution in [2.24, 2.45) is 5.84 Å². The summed E-state index contributed by atoms with van der Waals surface area (Å²) in [5, 5.41) is 5.62. The summed E-state index contributed by atoms with van der Waals surface area (Å²) in [5.74, 6) is 5.53. The van der Waals surface area contributed by atoms with Crippen LogP contribution in [0.1, 0.15) is 21.1 Å². The lowest BCUT2D eigenvalue weighted by Crippen LogP contribution is -2.23. The van der Waals surface area contributed by atoms with Crippen LogP contribution in [0.25, 0.3) is 0 Å². The maximum absolute atomic E-state index is 11.8. The molecule has 0 fully saturated rings. The normalized spacial score (nSPS) is 10.1. The number of aromatic nitrogens is 2. The molecule has 0 aromatic carbocycles. The van der Waals surface area contributed by atoms with E-state index in [0.29, 0.717) is 17.9 Å². The van der Waals surface area contributed by atoms with E-state index in [4.69, 9.17) is 5.84 Å². The molecule has 0 spiro atoms. The Morgan fingerprint density at radius 2 is 2.33 bits per heavy atom. The summed E-state index contributed by atoms with van der Waals surface area (Å²) in [5.41, 5.74) is 3.85. The van der Waals surface area contributed by atoms with Crippen LogP contribution in [-0.2, 0) is 6.54 Å². The molecular weight excluding hydrogens is 250 g/mol. The number of pyridine rings is 1. The van der Waals surface area contributed by atoms with Gasteiger partial charge in [0.25, 0.3) is 5.91 Å². The van der Waals surface area contributed by atoms with Crippen LogP contribution in [0.3, 0.4) is 0 Å². The number of hydrogen-bond acceptors (Lipinski definition) is 6. The monoisotopic (exact) mass is 263 g/mol. The fourth-order valence-corrected chi connectivity index (χ4v) is 2.07. The molecule has 2 rings (SSSR count). The number of nitrogens with one attached hydrogen (secondary N) is 2. The van der Waals surface area contributed by atoms with Gasteiger partial charge in [-0.2, -0.15) is 0 Å². The molecule has 7 heteroatoms. The SMILES string of the molecule is Cc1csc(CNC(=O)c2ccc(NN)nc2)n1. The van der Waals surface area contributed by atoms with Crippen LogP contribution in [0.15, 0.2) is 23.7 Å². The first kappa shape index (κ1) is 12.5. The van der Waals surface area contributed by atoms with Gasteiger partial charge in [-0.25, -0.2) is 15.8 Å². The maximum atomic E-state index is 11.8. The predicted octanol–water partition coefficient (Wildman–Crippen LogP) is 1.06. The lowest BCUT2D eigenvalue weighted by atomic mass is 10.2. The van der Waals surface area contributed by atoms with Crippen LogP contribution >= 0.6 is 11.3 Å². The average molecular weight is 263 g/mol. The smallest absolute Gasteiger partial charge is 0.253 e. The topological polar surface area (TPSA) is 92.9 Å². The number of nitrogen functional groups attached to an aromatic ring is 1. The number of nitrogens with zero attached hydrogens (tertiary/aromatic N) is 2. The zero-order valence-electron chi connectivity index (χ0n) is 9.80. The first-order valence-electron chi connectivity index (χ1n) is 5.31. The van der Waals surface area contributed by atoms with Crippen LogP contribution < -0.4 is 16.6 Å². The standard InChI is InChI=1S/C11H13N5OS/c1-7-6-18-10(15-7)5-14-11(17)8-2-3-9(16-12)13-4-8/h2-4,6H,5,12H2,1H3,(H,13,16)(H,14,17). The van der Waals surface area contributed by atoms with Crippen molar-refractivity contribution in [2.75, 3.05) is 5.43 Å². The Bertz CT molecular complexity index is 537. The molecule has 2 aromatic rings. The van der Waals surface area contributed by atoms with Crippen molar-refractivity contribution in [3.63, 3.8) is 0 Å². The highest BCUT2D eigenvalue weighted by atomic mass is 32.1. The number of carbonyl (C=O) groups is 1. The number of anilines is 1. The fourth-order valence-electron chi connectivity index (χ4n) is 1.36. The molecular formula is C11H13N5OS. The van der Waals surface area contributed by atoms with Crippen LogP contribution in [0, 0.1) is 6.92 Å². The summed E-state index contributed by atoms with van der Waals surface area (Å²) in [6.07, 6.45) is 1.47. The molecule has 1 amide bonds. The van der Waals surface area contributed by atoms with E-state index >= 15 is 0 Å². The van der Waals surface area contributed by atoms with E-state index in [1.807, 2.05) is 12.3 Å². The molecule has 4 N–H and O–H groups in total. The van der Waals surface area contributed by atoms with Gasteiger partial charge < -0.3 is 10.7 Å². The molecule has 0 aliphatic carbocycles. The molecule has 2 aromatic heterocycles. The van der Waals surface area contributed by atoms with Crippen molar-refractivity contribution in [3.8, 4) is 0 Å². The second-order valence-corrected chi connectivity index (χ2v) is 4.58. The van der Waals surface area contributed by atoms with Crippen molar-refractivity contribution < 1.29 is 4.79 Å². The molecule has 2 heterocycles. The van der Waals surface area contributed by atoms with E-state index in [-0.39, 0.29) is 5.91 Å². The van der Waals surface area contributed by atoms with E-state index in [1.165, 1.54) is 17.5 Å². The van der Waals surface area contributed by atoms with Gasteiger partial charge in [-0.3, -0.25) is 4.79 Å². The highest BCUT2D eigenvalue weighted by Gasteiger charge is 2.07. The van der Waals surface area contributed by atoms with Crippen LogP contribution in [0.5, 0.6) is 0 Å². The van der Waals surface area contributed by atoms with Crippen molar-refractivity contribution in [2.45, 2.75) is 13.5 Å². The van der Waals surface area contributed by atoms with Gasteiger partial charge in [0, 0.05) is 17.3 Å². The number of amides is 1. The van der Waals surface area contributed by atoms with E-state index in [1.54, 1.807) is 12.1 Å². The minimum atomic E-state index is -0.182. The van der Waals surface area contributed by atoms with Crippen molar-refractivity contribution in [1.29, 1.82) is 0 Å². The van der Waals surface area contributed by atoms with Crippen LogP contribution in [0.4, 0.5) is 5.82 Å². The molecule has 0 unspecified atom stereocenters. The summed E-state index contributed by atoms with van der Waals surface area (Å²) in [7, 11) is 0. The lowest BCUT2D eigenvalue weighted by molar-refractivity contribution is 0.0950. The van der Waals surface area contributed by atoms with Crippen molar-refractivity contribution in [1.82, 2.24) is 15.3 Å². The summed E-state index contributed by atoms with van der Waals surface area (Å²) < 4.78 is 0. The quantitative estimate of drug-likeness (QED) is 0.566. The molecule has 6 nitrogen and oxygen atoms in total. The number of nitrogens with two attached hydrogens (primary N) is 1. The highest BCUT2D eigenvalue weighted by molar-refractivity contribution is 7.09. The molecule has 0 atom stereocenters. The molecule has 0 saturated carbocycles. The van der Waals surface area contributed by atoms with E-state index in [0.717, 1.165) is 10.7 Å². The Hall–Kier alpha value is -1.99. The predicted molar refractivity (Wildman–Crippen MR) is 70.1 cm³/mol. The van der Waals surface area contributed by atoms with Gasteiger partial charge >= 0.3 is 0 Å². The summed E-state index contributed by atoms with van der Waals surface area (Å²) in [6.45, 7) is 2.35. The van der Waals surface area contributed by atoms with E-state index in [2.05, 4.69) is 20.7 Å². The van der Waals surface area contributed by atoms with Crippen molar-refractivity contribution >= 4 is 23.1 Å². The minimum absolute atomic E-state index is 0.182. The Labute approximate surface area is 108 Å². The van der Waals surface area contributed by atoms with Gasteiger partial charge in [0.15, 0.2) is 0 Å². The molecule has 0 saturated heterocycles. The minimum Gasteiger partial charge on any atom is -0.345 e. The third-order valence-corrected chi connectivity index (χ3v) is 3.21. The third-order valence-electron chi connectivity index (χ3n) is 2.24. The van der Waals surface area contributed by atoms with E-state index < -0.39 is 0 Å². The molecule has 0 radical (unpaired) electrons. The Morgan fingerprint density at radius 1 is 1.50 bits per heavy atom. The summed E-state index contributed by atoms with van der Waals surface area (Å²) in [4.78, 5) is 20.0. The van der Waals surface area contributed by atoms with Crippen LogP contribution in [-0.4, -0.2) is 15.9 Å². The highest BCUT2D eigenvalue weighted by Crippen LogP contribution is 2.09. The van der Waals surface area contributed by atoms with Gasteiger partial charge in [-0.1, -0.05) is 0 Å². The fraction of sp³-hybridized carbons (Fsp3) is 0.182. The van der Waals surface area contributed by atoms with Crippen LogP contribution in [0.2, 0.25) is 0 Å². The largest absolute Gasteiger partial charge is 0.345 e. The second-order valence-electron chi connectivity index (χ2n) is 3.64. The number of hydrazine groups is 1. The summed E-state index contributed by atoms with van der Waals surface area (Å²) in [6, 6.07) is 3.30. The zero-order valence-corrected chi connectivity index (χ0v) is 10.6. The number of aryl methyl sites for hydroxylation is 1. The maximum Gasteiger partial charge on any atom is 0.253 e. The average Bonchev–Trinajstić information content (AvgIpc) is 2.82. The third kappa shape index (κ3) is 3.02. The van der Waals surface area contributed by atoms with E-state index in [9.17, 15) is 4.79 Å². The van der Waals surface area contributed by atoms with Gasteiger partial charge in [0.1, 0.15) is 10.8 Å². The van der Waals surface area contributed by atoms with Crippen molar-refractivity contribution in [3.05, 3.63) is 40.0 Å². The van der Waals surface area contributed by atoms with Gasteiger partial charge in [0.2, 0.25) is 0 Å². The number of carbonyl (C=O) groups excluding carboxylic acids is 1. The summed E-state index contributed by atoms with van der Waals surface area (Å²) >= 11 is 1.52. The Morgan fingerprint density at radius 3 is 2.89 bits per heavy atom. The number of thiazole rings is 1. The second kappa shape index (κ2) is 5.56. The lowest BCUT2D eigenvalue weighted by Gasteiger charge is -2.03. The Kier molecular flexibility index (Phi) is 3.85. The molecule has 0 bridgehead atoms. The molecule has 0 aliphatic rings.